The third-order valence-corrected chi connectivity index (χ3v) is 8.78. The van der Waals surface area contributed by atoms with Crippen LogP contribution in [0.3, 0.4) is 0 Å². The number of ketones is 1. The first-order chi connectivity index (χ1) is 20.8. The number of methoxy groups -OCH3 is 1. The Morgan fingerprint density at radius 3 is 2.42 bits per heavy atom. The number of benzene rings is 2. The van der Waals surface area contributed by atoms with Gasteiger partial charge in [-0.25, -0.2) is 4.68 Å². The Labute approximate surface area is 252 Å². The maximum absolute atomic E-state index is 13.9. The van der Waals surface area contributed by atoms with Crippen LogP contribution in [0.15, 0.2) is 77.7 Å². The third kappa shape index (κ3) is 6.54. The van der Waals surface area contributed by atoms with E-state index >= 15 is 0 Å². The number of hydrogen-bond donors (Lipinski definition) is 1. The highest BCUT2D eigenvalue weighted by molar-refractivity contribution is 5.94. The number of aromatic nitrogens is 3. The largest absolute Gasteiger partial charge is 0.385 e. The second-order valence-corrected chi connectivity index (χ2v) is 11.6. The van der Waals surface area contributed by atoms with Crippen LogP contribution in [0.25, 0.3) is 16.9 Å². The minimum absolute atomic E-state index is 0.0463. The number of pyridine rings is 1. The molecule has 1 amide bonds. The average molecular weight is 581 g/mol. The summed E-state index contributed by atoms with van der Waals surface area (Å²) in [6, 6.07) is 21.9. The summed E-state index contributed by atoms with van der Waals surface area (Å²) in [5.74, 6) is 0.869. The van der Waals surface area contributed by atoms with E-state index < -0.39 is 5.91 Å². The molecule has 0 spiro atoms. The van der Waals surface area contributed by atoms with Crippen molar-refractivity contribution >= 4 is 11.7 Å². The van der Waals surface area contributed by atoms with Crippen molar-refractivity contribution in [1.82, 2.24) is 19.7 Å². The predicted octanol–water partition coefficient (Wildman–Crippen LogP) is 5.25. The molecule has 1 saturated carbocycles. The number of hydrogen-bond acceptors (Lipinski definition) is 5. The quantitative estimate of drug-likeness (QED) is 0.261. The van der Waals surface area contributed by atoms with Crippen molar-refractivity contribution in [1.29, 1.82) is 0 Å². The van der Waals surface area contributed by atoms with Gasteiger partial charge in [-0.1, -0.05) is 48.5 Å². The first kappa shape index (κ1) is 30.2. The molecular formula is C35H40N4O4. The number of rotatable bonds is 11. The Balaban J connectivity index is 1.48. The van der Waals surface area contributed by atoms with Crippen LogP contribution in [-0.2, 0) is 23.0 Å². The fourth-order valence-electron chi connectivity index (χ4n) is 6.58. The minimum Gasteiger partial charge on any atom is -0.385 e. The maximum atomic E-state index is 13.9. The molecule has 0 unspecified atom stereocenters. The lowest BCUT2D eigenvalue weighted by Gasteiger charge is -2.19. The standard InChI is InChI=1S/C35H40N4O4/c1-23-32(21-29(40)19-26-17-24(15-16-43-4)18-30(26)25-11-7-5-8-12-25)39(28-13-9-6-10-14-28)37-33(23)27-20-31(34(41)36-2)35(42)38(3)22-27/h5-14,20,22,24,26,30H,15-19,21H2,1-4H3,(H,36,41)/t24-,26+,30+/m1/s1. The van der Waals surface area contributed by atoms with Gasteiger partial charge in [0.25, 0.3) is 11.5 Å². The van der Waals surface area contributed by atoms with Crippen LogP contribution in [0.4, 0.5) is 0 Å². The van der Waals surface area contributed by atoms with Gasteiger partial charge in [0, 0.05) is 52.4 Å². The fourth-order valence-corrected chi connectivity index (χ4v) is 6.58. The Morgan fingerprint density at radius 2 is 1.74 bits per heavy atom. The van der Waals surface area contributed by atoms with Gasteiger partial charge in [-0.05, 0) is 73.3 Å². The van der Waals surface area contributed by atoms with Crippen molar-refractivity contribution < 1.29 is 14.3 Å². The topological polar surface area (TPSA) is 95.2 Å². The van der Waals surface area contributed by atoms with E-state index in [-0.39, 0.29) is 29.2 Å². The summed E-state index contributed by atoms with van der Waals surface area (Å²) in [7, 11) is 4.86. The van der Waals surface area contributed by atoms with Gasteiger partial charge in [0.2, 0.25) is 0 Å². The number of amides is 1. The third-order valence-electron chi connectivity index (χ3n) is 8.78. The lowest BCUT2D eigenvalue weighted by atomic mass is 9.85. The highest BCUT2D eigenvalue weighted by Gasteiger charge is 2.36. The van der Waals surface area contributed by atoms with Gasteiger partial charge < -0.3 is 14.6 Å². The summed E-state index contributed by atoms with van der Waals surface area (Å²) < 4.78 is 8.60. The number of ether oxygens (including phenoxy) is 1. The summed E-state index contributed by atoms with van der Waals surface area (Å²) in [5.41, 5.74) is 4.75. The number of carbonyl (C=O) groups excluding carboxylic acids is 2. The van der Waals surface area contributed by atoms with E-state index in [0.717, 1.165) is 42.8 Å². The van der Waals surface area contributed by atoms with E-state index in [1.807, 2.05) is 48.0 Å². The van der Waals surface area contributed by atoms with Crippen molar-refractivity contribution in [3.05, 3.63) is 106 Å². The lowest BCUT2D eigenvalue weighted by Crippen LogP contribution is -2.30. The summed E-state index contributed by atoms with van der Waals surface area (Å²) in [5, 5.41) is 7.49. The van der Waals surface area contributed by atoms with Crippen LogP contribution in [0.1, 0.15) is 58.8 Å². The van der Waals surface area contributed by atoms with Gasteiger partial charge in [0.1, 0.15) is 11.3 Å². The zero-order valence-corrected chi connectivity index (χ0v) is 25.4. The smallest absolute Gasteiger partial charge is 0.263 e. The molecule has 8 heteroatoms. The number of Topliss-reactive ketones (excluding diaryl/α,β-unsaturated/α-hetero) is 1. The summed E-state index contributed by atoms with van der Waals surface area (Å²) in [6.07, 6.45) is 5.51. The van der Waals surface area contributed by atoms with E-state index in [9.17, 15) is 14.4 Å². The van der Waals surface area contributed by atoms with Gasteiger partial charge in [0.05, 0.1) is 17.1 Å². The van der Waals surface area contributed by atoms with Crippen molar-refractivity contribution in [3.63, 3.8) is 0 Å². The van der Waals surface area contributed by atoms with Crippen molar-refractivity contribution in [2.24, 2.45) is 18.9 Å². The normalized spacial score (nSPS) is 18.1. The Morgan fingerprint density at radius 1 is 1.05 bits per heavy atom. The summed E-state index contributed by atoms with van der Waals surface area (Å²) >= 11 is 0. The number of nitrogens with zero attached hydrogens (tertiary/aromatic N) is 3. The first-order valence-corrected chi connectivity index (χ1v) is 14.9. The molecular weight excluding hydrogens is 540 g/mol. The van der Waals surface area contributed by atoms with Crippen LogP contribution in [0.2, 0.25) is 0 Å². The molecule has 1 N–H and O–H groups in total. The minimum atomic E-state index is -0.452. The summed E-state index contributed by atoms with van der Waals surface area (Å²) in [6.45, 7) is 2.69. The molecule has 2 heterocycles. The SMILES string of the molecule is CNC(=O)c1cc(-c2nn(-c3ccccc3)c(CC(=O)C[C@@H]3C[C@@H](CCOC)C[C@H]3c3ccccc3)c2C)cn(C)c1=O. The van der Waals surface area contributed by atoms with Gasteiger partial charge in [-0.2, -0.15) is 5.10 Å². The highest BCUT2D eigenvalue weighted by atomic mass is 16.5. The molecule has 1 fully saturated rings. The van der Waals surface area contributed by atoms with E-state index in [1.54, 1.807) is 26.4 Å². The molecule has 5 rings (SSSR count). The molecule has 0 aliphatic heterocycles. The van der Waals surface area contributed by atoms with Crippen LogP contribution >= 0.6 is 0 Å². The van der Waals surface area contributed by atoms with Crippen molar-refractivity contribution in [2.45, 2.75) is 44.9 Å². The Hall–Kier alpha value is -4.30. The number of carbonyl (C=O) groups is 2. The molecule has 1 aliphatic carbocycles. The van der Waals surface area contributed by atoms with Crippen molar-refractivity contribution in [2.75, 3.05) is 20.8 Å². The van der Waals surface area contributed by atoms with E-state index in [4.69, 9.17) is 9.84 Å². The monoisotopic (exact) mass is 580 g/mol. The fraction of sp³-hybridized carbons (Fsp3) is 0.371. The van der Waals surface area contributed by atoms with Gasteiger partial charge in [-0.3, -0.25) is 14.4 Å². The molecule has 1 aliphatic rings. The van der Waals surface area contributed by atoms with Gasteiger partial charge in [0.15, 0.2) is 0 Å². The predicted molar refractivity (Wildman–Crippen MR) is 168 cm³/mol. The van der Waals surface area contributed by atoms with Crippen molar-refractivity contribution in [3.8, 4) is 16.9 Å². The molecule has 0 bridgehead atoms. The highest BCUT2D eigenvalue weighted by Crippen LogP contribution is 2.46. The molecule has 224 valence electrons. The second-order valence-electron chi connectivity index (χ2n) is 11.6. The Kier molecular flexibility index (Phi) is 9.36. The molecule has 2 aromatic carbocycles. The molecule has 4 aromatic rings. The number of para-hydroxylation sites is 1. The van der Waals surface area contributed by atoms with Crippen LogP contribution in [-0.4, -0.2) is 46.8 Å². The maximum Gasteiger partial charge on any atom is 0.263 e. The zero-order chi connectivity index (χ0) is 30.5. The lowest BCUT2D eigenvalue weighted by molar-refractivity contribution is -0.119. The van der Waals surface area contributed by atoms with Crippen LogP contribution in [0, 0.1) is 18.8 Å². The second kappa shape index (κ2) is 13.3. The van der Waals surface area contributed by atoms with E-state index in [0.29, 0.717) is 29.5 Å². The number of aryl methyl sites for hydroxylation is 1. The van der Waals surface area contributed by atoms with Crippen LogP contribution in [0.5, 0.6) is 0 Å². The molecule has 3 atom stereocenters. The first-order valence-electron chi connectivity index (χ1n) is 14.9. The molecule has 0 radical (unpaired) electrons. The molecule has 43 heavy (non-hydrogen) atoms. The van der Waals surface area contributed by atoms with Gasteiger partial charge >= 0.3 is 0 Å². The average Bonchev–Trinajstić information content (AvgIpc) is 3.58. The number of nitrogens with one attached hydrogen (secondary N) is 1. The van der Waals surface area contributed by atoms with E-state index in [1.165, 1.54) is 17.2 Å². The molecule has 8 nitrogen and oxygen atoms in total. The Bertz CT molecular complexity index is 1640. The molecule has 0 saturated heterocycles. The van der Waals surface area contributed by atoms with Gasteiger partial charge in [-0.15, -0.1) is 0 Å². The zero-order valence-electron chi connectivity index (χ0n) is 25.4. The van der Waals surface area contributed by atoms with Crippen LogP contribution < -0.4 is 10.9 Å². The molecule has 2 aromatic heterocycles. The summed E-state index contributed by atoms with van der Waals surface area (Å²) in [4.78, 5) is 39.0. The van der Waals surface area contributed by atoms with E-state index in [2.05, 4.69) is 29.6 Å².